The first-order valence-electron chi connectivity index (χ1n) is 5.32. The predicted molar refractivity (Wildman–Crippen MR) is 59.1 cm³/mol. The minimum Gasteiger partial charge on any atom is -0.431 e. The molecule has 0 saturated carbocycles. The molecule has 1 heterocycles. The van der Waals surface area contributed by atoms with Crippen molar-refractivity contribution >= 4 is 5.97 Å². The maximum absolute atomic E-state index is 11.7. The number of hydrogen-bond donors (Lipinski definition) is 0. The second kappa shape index (κ2) is 5.09. The summed E-state index contributed by atoms with van der Waals surface area (Å²) in [5.74, 6) is -0.332. The molecule has 0 aliphatic carbocycles. The zero-order valence-corrected chi connectivity index (χ0v) is 9.26. The number of likely N-dealkylation sites (N-methyl/N-ethyl adjacent to an activating group) is 1. The summed E-state index contributed by atoms with van der Waals surface area (Å²) in [6, 6.07) is 8.94. The van der Waals surface area contributed by atoms with Gasteiger partial charge in [0.05, 0.1) is 18.7 Å². The molecular formula is C12H15NO3. The Hall–Kier alpha value is -1.39. The molecule has 1 aliphatic heterocycles. The van der Waals surface area contributed by atoms with E-state index in [0.717, 1.165) is 6.54 Å². The fraction of sp³-hybridized carbons (Fsp3) is 0.417. The topological polar surface area (TPSA) is 38.8 Å². The third-order valence-electron chi connectivity index (χ3n) is 2.49. The number of benzene rings is 1. The Bertz CT molecular complexity index is 353. The van der Waals surface area contributed by atoms with Gasteiger partial charge in [0, 0.05) is 6.54 Å². The fourth-order valence-corrected chi connectivity index (χ4v) is 1.57. The van der Waals surface area contributed by atoms with Crippen molar-refractivity contribution in [3.8, 4) is 0 Å². The highest BCUT2D eigenvalue weighted by atomic mass is 16.7. The van der Waals surface area contributed by atoms with Crippen molar-refractivity contribution in [1.29, 1.82) is 0 Å². The first-order chi connectivity index (χ1) is 7.75. The van der Waals surface area contributed by atoms with Crippen LogP contribution in [0, 0.1) is 0 Å². The van der Waals surface area contributed by atoms with Crippen LogP contribution in [0.2, 0.25) is 0 Å². The number of morpholine rings is 1. The SMILES string of the molecule is CN1CCO[C@H](OC(=O)c2ccccc2)C1. The Labute approximate surface area is 94.8 Å². The molecule has 0 amide bonds. The quantitative estimate of drug-likeness (QED) is 0.702. The van der Waals surface area contributed by atoms with Crippen molar-refractivity contribution in [2.45, 2.75) is 6.29 Å². The highest BCUT2D eigenvalue weighted by Gasteiger charge is 2.21. The second-order valence-corrected chi connectivity index (χ2v) is 3.83. The van der Waals surface area contributed by atoms with E-state index in [1.807, 2.05) is 25.2 Å². The summed E-state index contributed by atoms with van der Waals surface area (Å²) < 4.78 is 10.6. The van der Waals surface area contributed by atoms with Gasteiger partial charge in [0.2, 0.25) is 6.29 Å². The van der Waals surface area contributed by atoms with E-state index in [4.69, 9.17) is 9.47 Å². The molecule has 0 spiro atoms. The van der Waals surface area contributed by atoms with E-state index in [-0.39, 0.29) is 5.97 Å². The van der Waals surface area contributed by atoms with Gasteiger partial charge in [0.15, 0.2) is 0 Å². The minimum atomic E-state index is -0.452. The molecule has 1 atom stereocenters. The van der Waals surface area contributed by atoms with Crippen molar-refractivity contribution < 1.29 is 14.3 Å². The third-order valence-corrected chi connectivity index (χ3v) is 2.49. The number of nitrogens with zero attached hydrogens (tertiary/aromatic N) is 1. The molecule has 0 unspecified atom stereocenters. The van der Waals surface area contributed by atoms with Gasteiger partial charge in [0.25, 0.3) is 0 Å². The predicted octanol–water partition coefficient (Wildman–Crippen LogP) is 1.13. The van der Waals surface area contributed by atoms with Gasteiger partial charge < -0.3 is 9.47 Å². The molecule has 0 bridgehead atoms. The molecule has 1 aliphatic rings. The van der Waals surface area contributed by atoms with E-state index < -0.39 is 6.29 Å². The van der Waals surface area contributed by atoms with Gasteiger partial charge in [-0.2, -0.15) is 0 Å². The van der Waals surface area contributed by atoms with Crippen molar-refractivity contribution in [2.75, 3.05) is 26.7 Å². The lowest BCUT2D eigenvalue weighted by Gasteiger charge is -2.29. The molecule has 1 aromatic rings. The van der Waals surface area contributed by atoms with E-state index in [1.165, 1.54) is 0 Å². The standard InChI is InChI=1S/C12H15NO3/c1-13-7-8-15-11(9-13)16-12(14)10-5-3-2-4-6-10/h2-6,11H,7-9H2,1H3/t11-/m1/s1. The van der Waals surface area contributed by atoms with E-state index in [1.54, 1.807) is 12.1 Å². The summed E-state index contributed by atoms with van der Waals surface area (Å²) in [7, 11) is 1.98. The highest BCUT2D eigenvalue weighted by molar-refractivity contribution is 5.89. The Morgan fingerprint density at radius 2 is 2.19 bits per heavy atom. The van der Waals surface area contributed by atoms with Crippen LogP contribution in [0.1, 0.15) is 10.4 Å². The first kappa shape index (κ1) is 11.1. The van der Waals surface area contributed by atoms with Crippen molar-refractivity contribution in [3.63, 3.8) is 0 Å². The average Bonchev–Trinajstić information content (AvgIpc) is 2.30. The molecule has 1 aromatic carbocycles. The van der Waals surface area contributed by atoms with E-state index in [9.17, 15) is 4.79 Å². The van der Waals surface area contributed by atoms with Gasteiger partial charge in [-0.1, -0.05) is 18.2 Å². The lowest BCUT2D eigenvalue weighted by atomic mass is 10.2. The number of carbonyl (C=O) groups is 1. The van der Waals surface area contributed by atoms with E-state index >= 15 is 0 Å². The molecule has 1 fully saturated rings. The monoisotopic (exact) mass is 221 g/mol. The zero-order chi connectivity index (χ0) is 11.4. The molecule has 0 aromatic heterocycles. The van der Waals surface area contributed by atoms with Gasteiger partial charge in [-0.25, -0.2) is 4.79 Å². The lowest BCUT2D eigenvalue weighted by Crippen LogP contribution is -2.42. The summed E-state index contributed by atoms with van der Waals surface area (Å²) >= 11 is 0. The number of rotatable bonds is 2. The fourth-order valence-electron chi connectivity index (χ4n) is 1.57. The smallest absolute Gasteiger partial charge is 0.340 e. The van der Waals surface area contributed by atoms with E-state index in [0.29, 0.717) is 18.7 Å². The van der Waals surface area contributed by atoms with Gasteiger partial charge in [-0.15, -0.1) is 0 Å². The molecule has 0 radical (unpaired) electrons. The molecule has 16 heavy (non-hydrogen) atoms. The summed E-state index contributed by atoms with van der Waals surface area (Å²) in [5, 5.41) is 0. The van der Waals surface area contributed by atoms with Crippen molar-refractivity contribution in [3.05, 3.63) is 35.9 Å². The summed E-state index contributed by atoms with van der Waals surface area (Å²) in [4.78, 5) is 13.8. The maximum atomic E-state index is 11.7. The molecule has 4 nitrogen and oxygen atoms in total. The van der Waals surface area contributed by atoms with Gasteiger partial charge >= 0.3 is 5.97 Å². The van der Waals surface area contributed by atoms with Gasteiger partial charge in [-0.3, -0.25) is 4.90 Å². The van der Waals surface area contributed by atoms with Crippen LogP contribution < -0.4 is 0 Å². The van der Waals surface area contributed by atoms with Crippen molar-refractivity contribution in [2.24, 2.45) is 0 Å². The minimum absolute atomic E-state index is 0.332. The Kier molecular flexibility index (Phi) is 3.54. The van der Waals surface area contributed by atoms with Crippen LogP contribution in [0.4, 0.5) is 0 Å². The van der Waals surface area contributed by atoms with Crippen LogP contribution in [-0.2, 0) is 9.47 Å². The summed E-state index contributed by atoms with van der Waals surface area (Å²) in [5.41, 5.74) is 0.555. The van der Waals surface area contributed by atoms with Crippen molar-refractivity contribution in [1.82, 2.24) is 4.90 Å². The summed E-state index contributed by atoms with van der Waals surface area (Å²) in [6.07, 6.45) is -0.452. The molecule has 4 heteroatoms. The molecule has 86 valence electrons. The normalized spacial score (nSPS) is 21.7. The molecule has 1 saturated heterocycles. The summed E-state index contributed by atoms with van der Waals surface area (Å²) in [6.45, 7) is 2.10. The Morgan fingerprint density at radius 1 is 1.44 bits per heavy atom. The maximum Gasteiger partial charge on any atom is 0.340 e. The number of hydrogen-bond acceptors (Lipinski definition) is 4. The van der Waals surface area contributed by atoms with Crippen LogP contribution in [0.25, 0.3) is 0 Å². The average molecular weight is 221 g/mol. The first-order valence-corrected chi connectivity index (χ1v) is 5.32. The van der Waals surface area contributed by atoms with Crippen LogP contribution >= 0.6 is 0 Å². The molecule has 2 rings (SSSR count). The van der Waals surface area contributed by atoms with Gasteiger partial charge in [-0.05, 0) is 19.2 Å². The van der Waals surface area contributed by atoms with E-state index in [2.05, 4.69) is 4.90 Å². The largest absolute Gasteiger partial charge is 0.431 e. The third kappa shape index (κ3) is 2.81. The van der Waals surface area contributed by atoms with Crippen LogP contribution in [0.15, 0.2) is 30.3 Å². The number of esters is 1. The molecular weight excluding hydrogens is 206 g/mol. The lowest BCUT2D eigenvalue weighted by molar-refractivity contribution is -0.146. The highest BCUT2D eigenvalue weighted by Crippen LogP contribution is 2.08. The van der Waals surface area contributed by atoms with Crippen LogP contribution in [-0.4, -0.2) is 43.9 Å². The zero-order valence-electron chi connectivity index (χ0n) is 9.26. The Balaban J connectivity index is 1.92. The molecule has 0 N–H and O–H groups in total. The number of carbonyl (C=O) groups excluding carboxylic acids is 1. The number of ether oxygens (including phenoxy) is 2. The second-order valence-electron chi connectivity index (χ2n) is 3.83. The van der Waals surface area contributed by atoms with Gasteiger partial charge in [0.1, 0.15) is 0 Å². The van der Waals surface area contributed by atoms with Crippen LogP contribution in [0.5, 0.6) is 0 Å². The van der Waals surface area contributed by atoms with Crippen LogP contribution in [0.3, 0.4) is 0 Å². The Morgan fingerprint density at radius 3 is 2.88 bits per heavy atom.